The molecule has 0 spiro atoms. The van der Waals surface area contributed by atoms with Crippen LogP contribution in [0.4, 0.5) is 4.39 Å². The van der Waals surface area contributed by atoms with Gasteiger partial charge in [0.2, 0.25) is 5.91 Å². The molecular weight excluding hydrogens is 424 g/mol. The number of benzene rings is 1. The van der Waals surface area contributed by atoms with Crippen LogP contribution < -0.4 is 10.6 Å². The number of allylic oxidation sites excluding steroid dienone is 2. The van der Waals surface area contributed by atoms with Crippen LogP contribution in [0.15, 0.2) is 35.5 Å². The Hall–Kier alpha value is -1.96. The SMILES string of the molecule is C/C=C(\C)Cl.C[C@@H]1CC(NC(=O)c2cnc(-c3cc(F)cc(Cl)c3)s2)C(=O)N1. The zero-order valence-corrected chi connectivity index (χ0v) is 17.9. The van der Waals surface area contributed by atoms with Gasteiger partial charge in [-0.2, -0.15) is 0 Å². The van der Waals surface area contributed by atoms with Crippen molar-refractivity contribution in [2.75, 3.05) is 0 Å². The highest BCUT2D eigenvalue weighted by Gasteiger charge is 2.31. The summed E-state index contributed by atoms with van der Waals surface area (Å²) >= 11 is 12.3. The second kappa shape index (κ2) is 10.0. The van der Waals surface area contributed by atoms with Crippen LogP contribution in [0.2, 0.25) is 5.02 Å². The molecule has 2 N–H and O–H groups in total. The fraction of sp³-hybridized carbons (Fsp3) is 0.316. The number of amides is 2. The number of thiazole rings is 1. The van der Waals surface area contributed by atoms with Gasteiger partial charge in [-0.05, 0) is 45.4 Å². The van der Waals surface area contributed by atoms with Gasteiger partial charge in [0.15, 0.2) is 0 Å². The van der Waals surface area contributed by atoms with Crippen molar-refractivity contribution in [3.63, 3.8) is 0 Å². The second-order valence-electron chi connectivity index (χ2n) is 6.23. The van der Waals surface area contributed by atoms with Gasteiger partial charge in [0.05, 0.1) is 6.20 Å². The minimum Gasteiger partial charge on any atom is -0.352 e. The van der Waals surface area contributed by atoms with E-state index in [2.05, 4.69) is 15.6 Å². The lowest BCUT2D eigenvalue weighted by Gasteiger charge is -2.08. The van der Waals surface area contributed by atoms with E-state index in [9.17, 15) is 14.0 Å². The summed E-state index contributed by atoms with van der Waals surface area (Å²) in [6.45, 7) is 5.63. The Morgan fingerprint density at radius 1 is 1.43 bits per heavy atom. The van der Waals surface area contributed by atoms with Crippen LogP contribution in [-0.4, -0.2) is 28.9 Å². The van der Waals surface area contributed by atoms with E-state index in [1.54, 1.807) is 6.07 Å². The average Bonchev–Trinajstić information content (AvgIpc) is 3.21. The van der Waals surface area contributed by atoms with Gasteiger partial charge in [-0.15, -0.1) is 11.3 Å². The van der Waals surface area contributed by atoms with E-state index in [4.69, 9.17) is 23.2 Å². The maximum absolute atomic E-state index is 13.4. The number of nitrogens with one attached hydrogen (secondary N) is 2. The fourth-order valence-electron chi connectivity index (χ4n) is 2.41. The Balaban J connectivity index is 0.000000500. The van der Waals surface area contributed by atoms with Crippen molar-refractivity contribution in [1.82, 2.24) is 15.6 Å². The fourth-order valence-corrected chi connectivity index (χ4v) is 3.43. The molecular formula is C19H20Cl2FN3O2S. The van der Waals surface area contributed by atoms with Crippen molar-refractivity contribution >= 4 is 46.4 Å². The lowest BCUT2D eigenvalue weighted by atomic mass is 10.2. The van der Waals surface area contributed by atoms with Gasteiger partial charge in [-0.3, -0.25) is 9.59 Å². The molecule has 0 radical (unpaired) electrons. The summed E-state index contributed by atoms with van der Waals surface area (Å²) in [5.41, 5.74) is 0.506. The first-order chi connectivity index (χ1) is 13.2. The summed E-state index contributed by atoms with van der Waals surface area (Å²) < 4.78 is 13.4. The monoisotopic (exact) mass is 443 g/mol. The van der Waals surface area contributed by atoms with Gasteiger partial charge in [-0.1, -0.05) is 29.3 Å². The van der Waals surface area contributed by atoms with Crippen molar-refractivity contribution in [2.45, 2.75) is 39.3 Å². The van der Waals surface area contributed by atoms with Crippen molar-refractivity contribution in [1.29, 1.82) is 0 Å². The Labute approximate surface area is 177 Å². The quantitative estimate of drug-likeness (QED) is 0.717. The van der Waals surface area contributed by atoms with Crippen LogP contribution >= 0.6 is 34.5 Å². The third kappa shape index (κ3) is 6.29. The summed E-state index contributed by atoms with van der Waals surface area (Å²) in [6, 6.07) is 3.59. The molecule has 9 heteroatoms. The van der Waals surface area contributed by atoms with E-state index in [0.717, 1.165) is 16.4 Å². The third-order valence-electron chi connectivity index (χ3n) is 3.84. The van der Waals surface area contributed by atoms with Crippen molar-refractivity contribution in [2.24, 2.45) is 0 Å². The van der Waals surface area contributed by atoms with Crippen LogP contribution in [0.5, 0.6) is 0 Å². The molecule has 1 fully saturated rings. The smallest absolute Gasteiger partial charge is 0.263 e. The Kier molecular flexibility index (Phi) is 7.98. The lowest BCUT2D eigenvalue weighted by molar-refractivity contribution is -0.120. The molecule has 150 valence electrons. The van der Waals surface area contributed by atoms with Gasteiger partial charge in [0.25, 0.3) is 5.91 Å². The predicted molar refractivity (Wildman–Crippen MR) is 111 cm³/mol. The molecule has 1 unspecified atom stereocenters. The summed E-state index contributed by atoms with van der Waals surface area (Å²) in [7, 11) is 0. The zero-order valence-electron chi connectivity index (χ0n) is 15.6. The number of halogens is 3. The molecule has 2 amide bonds. The van der Waals surface area contributed by atoms with E-state index in [1.165, 1.54) is 18.3 Å². The number of nitrogens with zero attached hydrogens (tertiary/aromatic N) is 1. The Morgan fingerprint density at radius 3 is 2.64 bits per heavy atom. The minimum absolute atomic E-state index is 0.0410. The van der Waals surface area contributed by atoms with E-state index in [-0.39, 0.29) is 22.9 Å². The summed E-state index contributed by atoms with van der Waals surface area (Å²) in [6.07, 6.45) is 3.81. The van der Waals surface area contributed by atoms with Crippen LogP contribution in [0, 0.1) is 5.82 Å². The molecule has 0 saturated carbocycles. The highest BCUT2D eigenvalue weighted by atomic mass is 35.5. The van der Waals surface area contributed by atoms with Crippen LogP contribution in [0.25, 0.3) is 10.6 Å². The summed E-state index contributed by atoms with van der Waals surface area (Å²) in [5, 5.41) is 7.03. The number of hydrogen-bond donors (Lipinski definition) is 2. The molecule has 1 aliphatic rings. The Morgan fingerprint density at radius 2 is 2.11 bits per heavy atom. The number of carbonyl (C=O) groups is 2. The van der Waals surface area contributed by atoms with Gasteiger partial charge in [0.1, 0.15) is 21.7 Å². The molecule has 1 aromatic heterocycles. The summed E-state index contributed by atoms with van der Waals surface area (Å²) in [5.74, 6) is -1.02. The highest BCUT2D eigenvalue weighted by molar-refractivity contribution is 7.16. The maximum Gasteiger partial charge on any atom is 0.263 e. The van der Waals surface area contributed by atoms with Gasteiger partial charge >= 0.3 is 0 Å². The number of carbonyl (C=O) groups excluding carboxylic acids is 2. The molecule has 2 heterocycles. The number of rotatable bonds is 3. The lowest BCUT2D eigenvalue weighted by Crippen LogP contribution is -2.39. The van der Waals surface area contributed by atoms with E-state index < -0.39 is 11.9 Å². The van der Waals surface area contributed by atoms with Crippen LogP contribution in [-0.2, 0) is 4.79 Å². The first kappa shape index (κ1) is 22.3. The molecule has 2 aromatic rings. The molecule has 1 aromatic carbocycles. The first-order valence-corrected chi connectivity index (χ1v) is 10.1. The van der Waals surface area contributed by atoms with Crippen molar-refractivity contribution in [3.8, 4) is 10.6 Å². The normalized spacial score (nSPS) is 18.9. The zero-order chi connectivity index (χ0) is 20.8. The molecule has 1 saturated heterocycles. The number of aromatic nitrogens is 1. The van der Waals surface area contributed by atoms with Gasteiger partial charge < -0.3 is 10.6 Å². The van der Waals surface area contributed by atoms with Gasteiger partial charge in [-0.25, -0.2) is 9.37 Å². The molecule has 2 atom stereocenters. The first-order valence-electron chi connectivity index (χ1n) is 8.51. The third-order valence-corrected chi connectivity index (χ3v) is 5.32. The second-order valence-corrected chi connectivity index (χ2v) is 8.30. The summed E-state index contributed by atoms with van der Waals surface area (Å²) in [4.78, 5) is 28.4. The molecule has 28 heavy (non-hydrogen) atoms. The topological polar surface area (TPSA) is 71.1 Å². The standard InChI is InChI=1S/C15H13ClFN3O2S.C4H7Cl/c1-7-2-11(13(21)19-7)20-14(22)12-6-18-15(23-12)8-3-9(16)5-10(17)4-8;1-3-4(2)5/h3-7,11H,2H2,1H3,(H,19,21)(H,20,22);3H,1-2H3/b;4-3+/t7-,11?;/m1./s1. The predicted octanol–water partition coefficient (Wildman–Crippen LogP) is 4.76. The highest BCUT2D eigenvalue weighted by Crippen LogP contribution is 2.28. The van der Waals surface area contributed by atoms with Crippen LogP contribution in [0.1, 0.15) is 36.9 Å². The van der Waals surface area contributed by atoms with Crippen LogP contribution in [0.3, 0.4) is 0 Å². The molecule has 0 aliphatic carbocycles. The molecule has 3 rings (SSSR count). The molecule has 5 nitrogen and oxygen atoms in total. The molecule has 1 aliphatic heterocycles. The van der Waals surface area contributed by atoms with E-state index in [0.29, 0.717) is 21.9 Å². The van der Waals surface area contributed by atoms with E-state index >= 15 is 0 Å². The van der Waals surface area contributed by atoms with Gasteiger partial charge in [0, 0.05) is 21.7 Å². The largest absolute Gasteiger partial charge is 0.352 e. The average molecular weight is 444 g/mol. The Bertz CT molecular complexity index is 877. The maximum atomic E-state index is 13.4. The number of hydrogen-bond acceptors (Lipinski definition) is 4. The minimum atomic E-state index is -0.535. The van der Waals surface area contributed by atoms with E-state index in [1.807, 2.05) is 26.8 Å². The van der Waals surface area contributed by atoms with Crippen molar-refractivity contribution in [3.05, 3.63) is 51.2 Å². The molecule has 0 bridgehead atoms. The van der Waals surface area contributed by atoms with Crippen molar-refractivity contribution < 1.29 is 14.0 Å².